The summed E-state index contributed by atoms with van der Waals surface area (Å²) in [5.74, 6) is 1.64. The van der Waals surface area contributed by atoms with Crippen LogP contribution in [0.4, 0.5) is 5.82 Å². The van der Waals surface area contributed by atoms with Crippen LogP contribution in [0.15, 0.2) is 10.7 Å². The van der Waals surface area contributed by atoms with Gasteiger partial charge in [0.2, 0.25) is 0 Å². The molecular weight excluding hydrogens is 232 g/mol. The van der Waals surface area contributed by atoms with Crippen molar-refractivity contribution in [2.75, 3.05) is 26.5 Å². The second-order valence-corrected chi connectivity index (χ2v) is 3.82. The first-order chi connectivity index (χ1) is 6.13. The van der Waals surface area contributed by atoms with Gasteiger partial charge in [0.15, 0.2) is 0 Å². The molecule has 0 spiro atoms. The van der Waals surface area contributed by atoms with Crippen LogP contribution in [0.2, 0.25) is 0 Å². The molecule has 0 saturated carbocycles. The molecule has 72 valence electrons. The van der Waals surface area contributed by atoms with Gasteiger partial charge in [-0.3, -0.25) is 0 Å². The standard InChI is InChI=1S/C8H13BrN4/c1-10-8-6(9)4-11-7(12-8)5-13(2)3/h4H,5H2,1-3H3,(H,10,11,12). The van der Waals surface area contributed by atoms with Crippen LogP contribution in [0.1, 0.15) is 5.82 Å². The molecule has 0 amide bonds. The molecule has 0 aromatic carbocycles. The lowest BCUT2D eigenvalue weighted by Crippen LogP contribution is -2.14. The van der Waals surface area contributed by atoms with E-state index in [1.165, 1.54) is 0 Å². The number of aromatic nitrogens is 2. The number of nitrogens with one attached hydrogen (secondary N) is 1. The van der Waals surface area contributed by atoms with Gasteiger partial charge in [0.25, 0.3) is 0 Å². The van der Waals surface area contributed by atoms with Crippen LogP contribution in [0.25, 0.3) is 0 Å². The Labute approximate surface area is 86.5 Å². The van der Waals surface area contributed by atoms with E-state index in [1.807, 2.05) is 26.0 Å². The monoisotopic (exact) mass is 244 g/mol. The van der Waals surface area contributed by atoms with Gasteiger partial charge < -0.3 is 10.2 Å². The van der Waals surface area contributed by atoms with Gasteiger partial charge in [-0.2, -0.15) is 0 Å². The predicted molar refractivity (Wildman–Crippen MR) is 56.7 cm³/mol. The molecule has 0 atom stereocenters. The summed E-state index contributed by atoms with van der Waals surface area (Å²) in [6.07, 6.45) is 1.76. The van der Waals surface area contributed by atoms with Gasteiger partial charge in [0.05, 0.1) is 11.0 Å². The van der Waals surface area contributed by atoms with E-state index in [0.717, 1.165) is 22.7 Å². The lowest BCUT2D eigenvalue weighted by molar-refractivity contribution is 0.390. The Kier molecular flexibility index (Phi) is 3.62. The fraction of sp³-hybridized carbons (Fsp3) is 0.500. The first kappa shape index (κ1) is 10.4. The average Bonchev–Trinajstić information content (AvgIpc) is 2.07. The van der Waals surface area contributed by atoms with E-state index in [4.69, 9.17) is 0 Å². The number of rotatable bonds is 3. The van der Waals surface area contributed by atoms with Gasteiger partial charge >= 0.3 is 0 Å². The second-order valence-electron chi connectivity index (χ2n) is 2.97. The quantitative estimate of drug-likeness (QED) is 0.872. The van der Waals surface area contributed by atoms with E-state index in [0.29, 0.717) is 0 Å². The molecule has 5 heteroatoms. The van der Waals surface area contributed by atoms with E-state index in [9.17, 15) is 0 Å². The van der Waals surface area contributed by atoms with Crippen molar-refractivity contribution in [2.45, 2.75) is 6.54 Å². The van der Waals surface area contributed by atoms with Crippen LogP contribution in [0, 0.1) is 0 Å². The molecule has 0 aliphatic rings. The van der Waals surface area contributed by atoms with Crippen molar-refractivity contribution in [3.8, 4) is 0 Å². The molecule has 1 heterocycles. The molecule has 1 aromatic heterocycles. The summed E-state index contributed by atoms with van der Waals surface area (Å²) in [6.45, 7) is 0.752. The molecule has 0 radical (unpaired) electrons. The Morgan fingerprint density at radius 3 is 2.77 bits per heavy atom. The first-order valence-corrected chi connectivity index (χ1v) is 4.76. The summed E-state index contributed by atoms with van der Waals surface area (Å²) in [4.78, 5) is 10.5. The van der Waals surface area contributed by atoms with Gasteiger partial charge in [-0.25, -0.2) is 9.97 Å². The summed E-state index contributed by atoms with van der Waals surface area (Å²) in [5, 5.41) is 2.99. The number of hydrogen-bond acceptors (Lipinski definition) is 4. The normalized spacial score (nSPS) is 10.5. The SMILES string of the molecule is CNc1nc(CN(C)C)ncc1Br. The summed E-state index contributed by atoms with van der Waals surface area (Å²) in [6, 6.07) is 0. The fourth-order valence-corrected chi connectivity index (χ4v) is 1.33. The third-order valence-corrected chi connectivity index (χ3v) is 2.07. The number of nitrogens with zero attached hydrogens (tertiary/aromatic N) is 3. The largest absolute Gasteiger partial charge is 0.372 e. The summed E-state index contributed by atoms with van der Waals surface area (Å²) in [5.41, 5.74) is 0. The second kappa shape index (κ2) is 4.53. The topological polar surface area (TPSA) is 41.1 Å². The van der Waals surface area contributed by atoms with Crippen LogP contribution in [0.5, 0.6) is 0 Å². The van der Waals surface area contributed by atoms with E-state index < -0.39 is 0 Å². The van der Waals surface area contributed by atoms with Crippen molar-refractivity contribution in [3.63, 3.8) is 0 Å². The van der Waals surface area contributed by atoms with E-state index in [2.05, 4.69) is 31.2 Å². The summed E-state index contributed by atoms with van der Waals surface area (Å²) >= 11 is 3.36. The van der Waals surface area contributed by atoms with Crippen LogP contribution in [0.3, 0.4) is 0 Å². The predicted octanol–water partition coefficient (Wildman–Crippen LogP) is 1.34. The molecular formula is C8H13BrN4. The number of anilines is 1. The average molecular weight is 245 g/mol. The van der Waals surface area contributed by atoms with Crippen LogP contribution in [-0.4, -0.2) is 36.0 Å². The maximum atomic E-state index is 4.32. The zero-order valence-electron chi connectivity index (χ0n) is 8.00. The molecule has 0 aliphatic carbocycles. The van der Waals surface area contributed by atoms with Crippen molar-refractivity contribution >= 4 is 21.7 Å². The Balaban J connectivity index is 2.86. The fourth-order valence-electron chi connectivity index (χ4n) is 0.938. The molecule has 1 rings (SSSR count). The van der Waals surface area contributed by atoms with Crippen molar-refractivity contribution in [3.05, 3.63) is 16.5 Å². The molecule has 0 fully saturated rings. The Morgan fingerprint density at radius 1 is 1.54 bits per heavy atom. The van der Waals surface area contributed by atoms with Crippen LogP contribution < -0.4 is 5.32 Å². The van der Waals surface area contributed by atoms with Gasteiger partial charge in [0, 0.05) is 13.2 Å². The van der Waals surface area contributed by atoms with Gasteiger partial charge in [0.1, 0.15) is 11.6 Å². The van der Waals surface area contributed by atoms with Gasteiger partial charge in [-0.15, -0.1) is 0 Å². The first-order valence-electron chi connectivity index (χ1n) is 3.97. The lowest BCUT2D eigenvalue weighted by atomic mass is 10.5. The minimum atomic E-state index is 0.752. The van der Waals surface area contributed by atoms with Crippen molar-refractivity contribution < 1.29 is 0 Å². The highest BCUT2D eigenvalue weighted by molar-refractivity contribution is 9.10. The third kappa shape index (κ3) is 2.93. The Bertz CT molecular complexity index is 287. The maximum absolute atomic E-state index is 4.32. The van der Waals surface area contributed by atoms with Crippen LogP contribution >= 0.6 is 15.9 Å². The molecule has 13 heavy (non-hydrogen) atoms. The highest BCUT2D eigenvalue weighted by atomic mass is 79.9. The highest BCUT2D eigenvalue weighted by Gasteiger charge is 2.03. The zero-order chi connectivity index (χ0) is 9.84. The minimum absolute atomic E-state index is 0.752. The van der Waals surface area contributed by atoms with E-state index in [-0.39, 0.29) is 0 Å². The van der Waals surface area contributed by atoms with Crippen molar-refractivity contribution in [1.82, 2.24) is 14.9 Å². The smallest absolute Gasteiger partial charge is 0.144 e. The minimum Gasteiger partial charge on any atom is -0.372 e. The number of hydrogen-bond donors (Lipinski definition) is 1. The zero-order valence-corrected chi connectivity index (χ0v) is 9.59. The Hall–Kier alpha value is -0.680. The van der Waals surface area contributed by atoms with E-state index >= 15 is 0 Å². The maximum Gasteiger partial charge on any atom is 0.144 e. The summed E-state index contributed by atoms with van der Waals surface area (Å²) < 4.78 is 0.887. The molecule has 0 saturated heterocycles. The molecule has 0 bridgehead atoms. The van der Waals surface area contributed by atoms with Crippen molar-refractivity contribution in [2.24, 2.45) is 0 Å². The van der Waals surface area contributed by atoms with Gasteiger partial charge in [-0.05, 0) is 30.0 Å². The molecule has 1 aromatic rings. The molecule has 0 unspecified atom stereocenters. The van der Waals surface area contributed by atoms with Crippen LogP contribution in [-0.2, 0) is 6.54 Å². The third-order valence-electron chi connectivity index (χ3n) is 1.49. The molecule has 4 nitrogen and oxygen atoms in total. The lowest BCUT2D eigenvalue weighted by Gasteiger charge is -2.09. The van der Waals surface area contributed by atoms with E-state index in [1.54, 1.807) is 6.20 Å². The molecule has 0 aliphatic heterocycles. The number of halogens is 1. The van der Waals surface area contributed by atoms with Crippen molar-refractivity contribution in [1.29, 1.82) is 0 Å². The highest BCUT2D eigenvalue weighted by Crippen LogP contribution is 2.17. The Morgan fingerprint density at radius 2 is 2.23 bits per heavy atom. The molecule has 1 N–H and O–H groups in total. The van der Waals surface area contributed by atoms with Gasteiger partial charge in [-0.1, -0.05) is 0 Å². The summed E-state index contributed by atoms with van der Waals surface area (Å²) in [7, 11) is 5.82.